The molecule has 0 aliphatic heterocycles. The molecule has 1 heterocycles. The van der Waals surface area contributed by atoms with Gasteiger partial charge in [0.2, 0.25) is 0 Å². The lowest BCUT2D eigenvalue weighted by atomic mass is 9.75. The molecule has 0 saturated heterocycles. The monoisotopic (exact) mass is 278 g/mol. The highest BCUT2D eigenvalue weighted by Crippen LogP contribution is 2.40. The maximum Gasteiger partial charge on any atom is 0.106 e. The molecule has 2 nitrogen and oxygen atoms in total. The van der Waals surface area contributed by atoms with Crippen molar-refractivity contribution >= 4 is 12.6 Å². The number of rotatable bonds is 3. The zero-order valence-electron chi connectivity index (χ0n) is 12.1. The minimum Gasteiger partial charge on any atom is -0.331 e. The van der Waals surface area contributed by atoms with Gasteiger partial charge in [0, 0.05) is 12.2 Å². The Morgan fingerprint density at radius 3 is 2.58 bits per heavy atom. The highest BCUT2D eigenvalue weighted by atomic mass is 32.1. The molecule has 3 rings (SSSR count). The molecule has 0 amide bonds. The Hall–Kier alpha value is -0.440. The molecular formula is C16H26N2S. The van der Waals surface area contributed by atoms with Crippen LogP contribution in [0.2, 0.25) is 0 Å². The zero-order chi connectivity index (χ0) is 13.3. The highest BCUT2D eigenvalue weighted by molar-refractivity contribution is 7.80. The summed E-state index contributed by atoms with van der Waals surface area (Å²) in [6.45, 7) is 3.35. The first-order valence-electron chi connectivity index (χ1n) is 7.90. The van der Waals surface area contributed by atoms with E-state index in [4.69, 9.17) is 4.98 Å². The van der Waals surface area contributed by atoms with E-state index in [0.717, 1.165) is 12.3 Å². The number of aromatic nitrogens is 2. The van der Waals surface area contributed by atoms with Crippen LogP contribution in [0, 0.1) is 12.3 Å². The second-order valence-corrected chi connectivity index (χ2v) is 6.88. The molecule has 0 atom stereocenters. The second kappa shape index (κ2) is 5.51. The lowest BCUT2D eigenvalue weighted by Crippen LogP contribution is -2.32. The number of hydrogen-bond donors (Lipinski definition) is 1. The molecule has 2 aliphatic rings. The summed E-state index contributed by atoms with van der Waals surface area (Å²) in [6, 6.07) is 0. The largest absolute Gasteiger partial charge is 0.331 e. The number of fused-ring (bicyclic) bond motifs is 1. The minimum atomic E-state index is 0.429. The van der Waals surface area contributed by atoms with Crippen LogP contribution in [-0.2, 0) is 19.4 Å². The van der Waals surface area contributed by atoms with Crippen LogP contribution in [0.4, 0.5) is 0 Å². The third kappa shape index (κ3) is 2.58. The normalized spacial score (nSPS) is 22.2. The molecular weight excluding hydrogens is 252 g/mol. The van der Waals surface area contributed by atoms with Gasteiger partial charge in [-0.05, 0) is 56.6 Å². The smallest absolute Gasteiger partial charge is 0.106 e. The van der Waals surface area contributed by atoms with Crippen LogP contribution in [0.3, 0.4) is 0 Å². The first kappa shape index (κ1) is 13.5. The first-order valence-corrected chi connectivity index (χ1v) is 8.53. The summed E-state index contributed by atoms with van der Waals surface area (Å²) < 4.78 is 2.54. The number of aryl methyl sites for hydroxylation is 2. The van der Waals surface area contributed by atoms with Crippen molar-refractivity contribution in [2.75, 3.05) is 5.75 Å². The maximum atomic E-state index is 4.82. The average molecular weight is 278 g/mol. The van der Waals surface area contributed by atoms with E-state index in [1.807, 2.05) is 0 Å². The molecule has 1 aromatic heterocycles. The molecule has 0 unspecified atom stereocenters. The van der Waals surface area contributed by atoms with Gasteiger partial charge in [0.25, 0.3) is 0 Å². The number of imidazole rings is 1. The predicted octanol–water partition coefficient (Wildman–Crippen LogP) is 3.95. The maximum absolute atomic E-state index is 4.82. The summed E-state index contributed by atoms with van der Waals surface area (Å²) in [6.07, 6.45) is 12.0. The van der Waals surface area contributed by atoms with Crippen molar-refractivity contribution in [1.82, 2.24) is 9.55 Å². The Balaban J connectivity index is 1.87. The van der Waals surface area contributed by atoms with Crippen molar-refractivity contribution in [3.8, 4) is 0 Å². The molecule has 2 aliphatic carbocycles. The van der Waals surface area contributed by atoms with E-state index in [0.29, 0.717) is 5.41 Å². The number of nitrogens with zero attached hydrogens (tertiary/aromatic N) is 2. The quantitative estimate of drug-likeness (QED) is 0.829. The Bertz CT molecular complexity index is 444. The van der Waals surface area contributed by atoms with Gasteiger partial charge >= 0.3 is 0 Å². The lowest BCUT2D eigenvalue weighted by molar-refractivity contribution is 0.186. The summed E-state index contributed by atoms with van der Waals surface area (Å²) in [5, 5.41) is 0. The van der Waals surface area contributed by atoms with Crippen LogP contribution < -0.4 is 0 Å². The summed E-state index contributed by atoms with van der Waals surface area (Å²) in [4.78, 5) is 4.82. The molecule has 1 fully saturated rings. The topological polar surface area (TPSA) is 17.8 Å². The van der Waals surface area contributed by atoms with Crippen LogP contribution in [0.25, 0.3) is 0 Å². The van der Waals surface area contributed by atoms with Crippen LogP contribution in [0.15, 0.2) is 0 Å². The van der Waals surface area contributed by atoms with E-state index >= 15 is 0 Å². The molecule has 0 bridgehead atoms. The van der Waals surface area contributed by atoms with Gasteiger partial charge in [-0.15, -0.1) is 0 Å². The van der Waals surface area contributed by atoms with Gasteiger partial charge < -0.3 is 4.57 Å². The third-order valence-corrected chi connectivity index (χ3v) is 5.84. The molecule has 106 valence electrons. The molecule has 0 radical (unpaired) electrons. The average Bonchev–Trinajstić information content (AvgIpc) is 2.76. The standard InChI is InChI=1S/C16H26N2S/c1-13-17-14-7-3-4-8-15(14)18(13)11-16(12-19)9-5-2-6-10-16/h19H,2-12H2,1H3. The van der Waals surface area contributed by atoms with Crippen molar-refractivity contribution in [3.63, 3.8) is 0 Å². The van der Waals surface area contributed by atoms with Crippen LogP contribution in [0.1, 0.15) is 62.2 Å². The van der Waals surface area contributed by atoms with Crippen molar-refractivity contribution in [2.24, 2.45) is 5.41 Å². The Labute approximate surface area is 122 Å². The minimum absolute atomic E-state index is 0.429. The zero-order valence-corrected chi connectivity index (χ0v) is 13.0. The summed E-state index contributed by atoms with van der Waals surface area (Å²) in [5.74, 6) is 2.26. The van der Waals surface area contributed by atoms with E-state index < -0.39 is 0 Å². The second-order valence-electron chi connectivity index (χ2n) is 6.56. The first-order chi connectivity index (χ1) is 9.24. The van der Waals surface area contributed by atoms with Crippen molar-refractivity contribution < 1.29 is 0 Å². The van der Waals surface area contributed by atoms with Gasteiger partial charge in [0.15, 0.2) is 0 Å². The van der Waals surface area contributed by atoms with Gasteiger partial charge in [-0.2, -0.15) is 12.6 Å². The fourth-order valence-corrected chi connectivity index (χ4v) is 4.37. The Kier molecular flexibility index (Phi) is 3.93. The Morgan fingerprint density at radius 1 is 1.11 bits per heavy atom. The van der Waals surface area contributed by atoms with Gasteiger partial charge in [0.05, 0.1) is 5.69 Å². The fraction of sp³-hybridized carbons (Fsp3) is 0.812. The Morgan fingerprint density at radius 2 is 1.84 bits per heavy atom. The lowest BCUT2D eigenvalue weighted by Gasteiger charge is -2.37. The van der Waals surface area contributed by atoms with E-state index in [2.05, 4.69) is 24.1 Å². The SMILES string of the molecule is Cc1nc2c(n1CC1(CS)CCCCC1)CCCC2. The number of hydrogen-bond acceptors (Lipinski definition) is 2. The summed E-state index contributed by atoms with van der Waals surface area (Å²) in [5.41, 5.74) is 3.35. The van der Waals surface area contributed by atoms with Crippen molar-refractivity contribution in [3.05, 3.63) is 17.2 Å². The molecule has 0 aromatic carbocycles. The molecule has 1 saturated carbocycles. The van der Waals surface area contributed by atoms with Gasteiger partial charge in [-0.25, -0.2) is 4.98 Å². The molecule has 3 heteroatoms. The summed E-state index contributed by atoms with van der Waals surface area (Å²) in [7, 11) is 0. The molecule has 0 spiro atoms. The van der Waals surface area contributed by atoms with E-state index in [9.17, 15) is 0 Å². The highest BCUT2D eigenvalue weighted by Gasteiger charge is 2.33. The summed E-state index contributed by atoms with van der Waals surface area (Å²) >= 11 is 4.69. The molecule has 19 heavy (non-hydrogen) atoms. The molecule has 0 N–H and O–H groups in total. The van der Waals surface area contributed by atoms with Crippen LogP contribution in [0.5, 0.6) is 0 Å². The van der Waals surface area contributed by atoms with Gasteiger partial charge in [0.1, 0.15) is 5.82 Å². The van der Waals surface area contributed by atoms with E-state index in [1.54, 1.807) is 0 Å². The van der Waals surface area contributed by atoms with E-state index in [1.165, 1.54) is 75.0 Å². The van der Waals surface area contributed by atoms with Crippen LogP contribution >= 0.6 is 12.6 Å². The van der Waals surface area contributed by atoms with Crippen molar-refractivity contribution in [2.45, 2.75) is 71.3 Å². The van der Waals surface area contributed by atoms with Gasteiger partial charge in [-0.3, -0.25) is 0 Å². The predicted molar refractivity (Wildman–Crippen MR) is 83.0 cm³/mol. The molecule has 1 aromatic rings. The fourth-order valence-electron chi connectivity index (χ4n) is 3.95. The van der Waals surface area contributed by atoms with Crippen LogP contribution in [-0.4, -0.2) is 15.3 Å². The van der Waals surface area contributed by atoms with Gasteiger partial charge in [-0.1, -0.05) is 19.3 Å². The number of thiol groups is 1. The third-order valence-electron chi connectivity index (χ3n) is 5.17. The van der Waals surface area contributed by atoms with Crippen molar-refractivity contribution in [1.29, 1.82) is 0 Å². The van der Waals surface area contributed by atoms with E-state index in [-0.39, 0.29) is 0 Å².